The van der Waals surface area contributed by atoms with Crippen molar-refractivity contribution in [3.63, 3.8) is 0 Å². The van der Waals surface area contributed by atoms with E-state index in [4.69, 9.17) is 4.74 Å². The molecule has 0 heterocycles. The number of hydrogen-bond acceptors (Lipinski definition) is 5. The van der Waals surface area contributed by atoms with Crippen molar-refractivity contribution in [3.8, 4) is 0 Å². The lowest BCUT2D eigenvalue weighted by molar-refractivity contribution is -0.143. The summed E-state index contributed by atoms with van der Waals surface area (Å²) in [4.78, 5) is 24.5. The summed E-state index contributed by atoms with van der Waals surface area (Å²) in [5.41, 5.74) is 0. The van der Waals surface area contributed by atoms with E-state index in [0.29, 0.717) is 19.4 Å². The van der Waals surface area contributed by atoms with E-state index in [9.17, 15) is 19.8 Å². The minimum Gasteiger partial charge on any atom is -0.466 e. The summed E-state index contributed by atoms with van der Waals surface area (Å²) in [6.07, 6.45) is 96.5. The molecule has 0 rings (SSSR count). The van der Waals surface area contributed by atoms with Gasteiger partial charge in [-0.2, -0.15) is 0 Å². The first kappa shape index (κ1) is 81.8. The van der Waals surface area contributed by atoms with Crippen LogP contribution in [0.25, 0.3) is 0 Å². The molecule has 0 aliphatic rings. The highest BCUT2D eigenvalue weighted by molar-refractivity contribution is 5.76. The molecule has 0 spiro atoms. The van der Waals surface area contributed by atoms with Gasteiger partial charge in [-0.25, -0.2) is 0 Å². The lowest BCUT2D eigenvalue weighted by atomic mass is 10.0. The molecule has 3 N–H and O–H groups in total. The smallest absolute Gasteiger partial charge is 0.305 e. The van der Waals surface area contributed by atoms with Crippen LogP contribution in [0.5, 0.6) is 0 Å². The molecule has 0 bridgehead atoms. The number of carbonyl (C=O) groups excluding carboxylic acids is 2. The second-order valence-electron chi connectivity index (χ2n) is 26.0. The van der Waals surface area contributed by atoms with E-state index in [1.165, 1.54) is 334 Å². The lowest BCUT2D eigenvalue weighted by Gasteiger charge is -2.20. The highest BCUT2D eigenvalue weighted by atomic mass is 16.5. The fraction of sp³-hybridized carbons (Fsp3) is 0.872. The first-order valence-corrected chi connectivity index (χ1v) is 37.9. The molecule has 0 fully saturated rings. The molecule has 0 aliphatic carbocycles. The zero-order valence-electron chi connectivity index (χ0n) is 56.6. The number of nitrogens with one attached hydrogen (secondary N) is 1. The van der Waals surface area contributed by atoms with Gasteiger partial charge in [-0.1, -0.05) is 358 Å². The van der Waals surface area contributed by atoms with Crippen LogP contribution in [0.2, 0.25) is 0 Å². The monoisotopic (exact) mass is 1180 g/mol. The number of esters is 1. The molecule has 0 aromatic carbocycles. The molecular weight excluding hydrogens is 1030 g/mol. The Morgan fingerprint density at radius 2 is 0.595 bits per heavy atom. The number of ether oxygens (including phenoxy) is 1. The molecule has 6 heteroatoms. The van der Waals surface area contributed by atoms with Crippen molar-refractivity contribution >= 4 is 11.9 Å². The average Bonchev–Trinajstić information content (AvgIpc) is 3.52. The zero-order valence-corrected chi connectivity index (χ0v) is 56.6. The summed E-state index contributed by atoms with van der Waals surface area (Å²) in [7, 11) is 0. The van der Waals surface area contributed by atoms with Gasteiger partial charge in [-0.3, -0.25) is 9.59 Å². The molecule has 494 valence electrons. The van der Waals surface area contributed by atoms with Crippen LogP contribution in [-0.2, 0) is 14.3 Å². The summed E-state index contributed by atoms with van der Waals surface area (Å²) >= 11 is 0. The Morgan fingerprint density at radius 3 is 0.940 bits per heavy atom. The van der Waals surface area contributed by atoms with E-state index in [2.05, 4.69) is 55.6 Å². The van der Waals surface area contributed by atoms with Gasteiger partial charge in [0.05, 0.1) is 25.4 Å². The van der Waals surface area contributed by atoms with E-state index in [0.717, 1.165) is 51.4 Å². The number of aliphatic hydroxyl groups is 2. The first-order valence-electron chi connectivity index (χ1n) is 37.9. The molecule has 84 heavy (non-hydrogen) atoms. The van der Waals surface area contributed by atoms with Crippen LogP contribution in [0.3, 0.4) is 0 Å². The Kier molecular flexibility index (Phi) is 71.4. The molecule has 0 aliphatic heterocycles. The molecule has 6 nitrogen and oxygen atoms in total. The number of allylic oxidation sites excluding steroid dienone is 7. The van der Waals surface area contributed by atoms with Crippen molar-refractivity contribution in [3.05, 3.63) is 48.6 Å². The first-order chi connectivity index (χ1) is 41.5. The molecule has 2 atom stereocenters. The van der Waals surface area contributed by atoms with Crippen molar-refractivity contribution in [2.75, 3.05) is 13.2 Å². The SMILES string of the molecule is CCCCC/C=C\CCCCCCCC(=O)OCCCCCCCCCCCCCCC/C=C\C/C=C\CCCCCCCCCCCCCCCCCCCC(=O)NC(CO)C(O)/C=C/CCCCCCCCCCCCCCCCCC. The predicted molar refractivity (Wildman–Crippen MR) is 370 cm³/mol. The van der Waals surface area contributed by atoms with E-state index in [1.807, 2.05) is 6.08 Å². The summed E-state index contributed by atoms with van der Waals surface area (Å²) in [6, 6.07) is -0.627. The van der Waals surface area contributed by atoms with Gasteiger partial charge in [-0.05, 0) is 89.9 Å². The number of unbranched alkanes of at least 4 members (excludes halogenated alkanes) is 54. The Hall–Kier alpha value is -2.18. The summed E-state index contributed by atoms with van der Waals surface area (Å²) in [5, 5.41) is 23.2. The number of carbonyl (C=O) groups is 2. The molecule has 2 unspecified atom stereocenters. The number of hydrogen-bond donors (Lipinski definition) is 3. The molecule has 0 saturated heterocycles. The second-order valence-corrected chi connectivity index (χ2v) is 26.0. The Morgan fingerprint density at radius 1 is 0.333 bits per heavy atom. The number of aliphatic hydroxyl groups excluding tert-OH is 2. The van der Waals surface area contributed by atoms with Crippen molar-refractivity contribution in [2.24, 2.45) is 0 Å². The molecule has 0 aromatic rings. The van der Waals surface area contributed by atoms with Gasteiger partial charge >= 0.3 is 5.97 Å². The van der Waals surface area contributed by atoms with E-state index >= 15 is 0 Å². The van der Waals surface area contributed by atoms with Gasteiger partial charge < -0.3 is 20.3 Å². The summed E-state index contributed by atoms with van der Waals surface area (Å²) in [5.74, 6) is -0.0535. The fourth-order valence-electron chi connectivity index (χ4n) is 11.8. The number of rotatable bonds is 71. The normalized spacial score (nSPS) is 12.8. The van der Waals surface area contributed by atoms with Crippen molar-refractivity contribution < 1.29 is 24.5 Å². The fourth-order valence-corrected chi connectivity index (χ4v) is 11.8. The quantitative estimate of drug-likeness (QED) is 0.0320. The highest BCUT2D eigenvalue weighted by Gasteiger charge is 2.18. The van der Waals surface area contributed by atoms with Crippen LogP contribution < -0.4 is 5.32 Å². The largest absolute Gasteiger partial charge is 0.466 e. The van der Waals surface area contributed by atoms with Gasteiger partial charge in [0.15, 0.2) is 0 Å². The average molecular weight is 1180 g/mol. The Balaban J connectivity index is 3.38. The molecular formula is C78H147NO5. The maximum Gasteiger partial charge on any atom is 0.305 e. The molecule has 0 radical (unpaired) electrons. The number of amides is 1. The maximum absolute atomic E-state index is 12.5. The van der Waals surface area contributed by atoms with E-state index in [1.54, 1.807) is 6.08 Å². The van der Waals surface area contributed by atoms with E-state index in [-0.39, 0.29) is 18.5 Å². The van der Waals surface area contributed by atoms with Gasteiger partial charge in [-0.15, -0.1) is 0 Å². The molecule has 1 amide bonds. The topological polar surface area (TPSA) is 95.9 Å². The van der Waals surface area contributed by atoms with Crippen molar-refractivity contribution in [1.29, 1.82) is 0 Å². The predicted octanol–water partition coefficient (Wildman–Crippen LogP) is 24.8. The standard InChI is InChI=1S/C78H147NO5/c1-3-5-7-9-11-13-15-17-18-19-41-44-47-50-54-58-62-66-70-76(81)75(74-80)79-77(82)71-67-63-59-55-51-48-45-42-39-37-35-33-31-29-27-25-23-21-20-22-24-26-28-30-32-34-36-38-40-43-46-49-53-57-61-65-69-73-84-78(83)72-68-64-60-56-52-16-14-12-10-8-6-4-2/h12,14,20,22,26,28,66,70,75-76,80-81H,3-11,13,15-19,21,23-25,27,29-65,67-69,71-74H2,1-2H3,(H,79,82)/b14-12-,22-20-,28-26-,70-66+. The van der Waals surface area contributed by atoms with Gasteiger partial charge in [0, 0.05) is 12.8 Å². The van der Waals surface area contributed by atoms with Crippen LogP contribution in [0, 0.1) is 0 Å². The van der Waals surface area contributed by atoms with Crippen LogP contribution in [0.1, 0.15) is 412 Å². The maximum atomic E-state index is 12.5. The lowest BCUT2D eigenvalue weighted by Crippen LogP contribution is -2.45. The Labute approximate surface area is 525 Å². The molecule has 0 saturated carbocycles. The summed E-state index contributed by atoms with van der Waals surface area (Å²) < 4.78 is 5.48. The van der Waals surface area contributed by atoms with Crippen molar-refractivity contribution in [2.45, 2.75) is 424 Å². The minimum absolute atomic E-state index is 0.00858. The third-order valence-corrected chi connectivity index (χ3v) is 17.6. The van der Waals surface area contributed by atoms with Crippen LogP contribution >= 0.6 is 0 Å². The van der Waals surface area contributed by atoms with Crippen LogP contribution in [0.15, 0.2) is 48.6 Å². The Bertz CT molecular complexity index is 1400. The minimum atomic E-state index is -0.843. The highest BCUT2D eigenvalue weighted by Crippen LogP contribution is 2.19. The van der Waals surface area contributed by atoms with Gasteiger partial charge in [0.25, 0.3) is 0 Å². The van der Waals surface area contributed by atoms with E-state index < -0.39 is 12.1 Å². The van der Waals surface area contributed by atoms with Gasteiger partial charge in [0.1, 0.15) is 0 Å². The van der Waals surface area contributed by atoms with Gasteiger partial charge in [0.2, 0.25) is 5.91 Å². The van der Waals surface area contributed by atoms with Crippen LogP contribution in [-0.4, -0.2) is 47.4 Å². The summed E-state index contributed by atoms with van der Waals surface area (Å²) in [6.45, 7) is 4.91. The van der Waals surface area contributed by atoms with Crippen molar-refractivity contribution in [1.82, 2.24) is 5.32 Å². The third kappa shape index (κ3) is 68.9. The van der Waals surface area contributed by atoms with Crippen LogP contribution in [0.4, 0.5) is 0 Å². The zero-order chi connectivity index (χ0) is 60.6. The third-order valence-electron chi connectivity index (χ3n) is 17.6. The second kappa shape index (κ2) is 73.3. The molecule has 0 aromatic heterocycles.